The van der Waals surface area contributed by atoms with Crippen molar-refractivity contribution in [2.45, 2.75) is 13.2 Å². The molecule has 29 heavy (non-hydrogen) atoms. The monoisotopic (exact) mass is 396 g/mol. The van der Waals surface area contributed by atoms with E-state index < -0.39 is 6.61 Å². The van der Waals surface area contributed by atoms with Crippen molar-refractivity contribution in [3.63, 3.8) is 0 Å². The number of carbonyl (C=O) groups is 2. The Balaban J connectivity index is 1.59. The second-order valence-electron chi connectivity index (χ2n) is 6.07. The van der Waals surface area contributed by atoms with Gasteiger partial charge in [0, 0.05) is 28.9 Å². The standard InChI is InChI=1S/C22H18F2N2O3/c23-22(24)29-19-9-5-4-8-17(19)14-25-20(27)16-10-12-18(13-11-16)26-21(28)15-6-2-1-3-7-15/h1-13,22H,14H2,(H,25,27)(H,26,28). The van der Waals surface area contributed by atoms with Crippen LogP contribution in [0.25, 0.3) is 0 Å². The summed E-state index contributed by atoms with van der Waals surface area (Å²) in [6.07, 6.45) is 0. The van der Waals surface area contributed by atoms with E-state index in [4.69, 9.17) is 0 Å². The quantitative estimate of drug-likeness (QED) is 0.619. The summed E-state index contributed by atoms with van der Waals surface area (Å²) >= 11 is 0. The van der Waals surface area contributed by atoms with Crippen LogP contribution in [0.4, 0.5) is 14.5 Å². The zero-order valence-electron chi connectivity index (χ0n) is 15.3. The van der Waals surface area contributed by atoms with E-state index in [1.807, 2.05) is 6.07 Å². The lowest BCUT2D eigenvalue weighted by molar-refractivity contribution is -0.0504. The molecule has 3 aromatic rings. The molecule has 0 atom stereocenters. The molecule has 0 unspecified atom stereocenters. The van der Waals surface area contributed by atoms with Crippen LogP contribution in [-0.2, 0) is 6.54 Å². The van der Waals surface area contributed by atoms with Crippen molar-refractivity contribution in [1.29, 1.82) is 0 Å². The minimum atomic E-state index is -2.94. The summed E-state index contributed by atoms with van der Waals surface area (Å²) in [5.74, 6) is -0.613. The van der Waals surface area contributed by atoms with Gasteiger partial charge in [0.2, 0.25) is 0 Å². The van der Waals surface area contributed by atoms with E-state index >= 15 is 0 Å². The van der Waals surface area contributed by atoms with Crippen molar-refractivity contribution in [2.24, 2.45) is 0 Å². The predicted octanol–water partition coefficient (Wildman–Crippen LogP) is 4.47. The van der Waals surface area contributed by atoms with Crippen LogP contribution in [0.15, 0.2) is 78.9 Å². The Morgan fingerprint density at radius 2 is 1.41 bits per heavy atom. The third-order valence-electron chi connectivity index (χ3n) is 4.07. The van der Waals surface area contributed by atoms with Crippen molar-refractivity contribution in [3.05, 3.63) is 95.6 Å². The highest BCUT2D eigenvalue weighted by Gasteiger charge is 2.11. The first-order chi connectivity index (χ1) is 14.0. The number of amides is 2. The fourth-order valence-electron chi connectivity index (χ4n) is 2.64. The second kappa shape index (κ2) is 9.45. The molecule has 0 aliphatic carbocycles. The molecule has 3 rings (SSSR count). The molecule has 5 nitrogen and oxygen atoms in total. The zero-order chi connectivity index (χ0) is 20.6. The molecular formula is C22H18F2N2O3. The molecule has 3 aromatic carbocycles. The van der Waals surface area contributed by atoms with Crippen molar-refractivity contribution < 1.29 is 23.1 Å². The molecule has 0 spiro atoms. The fraction of sp³-hybridized carbons (Fsp3) is 0.0909. The molecule has 0 aromatic heterocycles. The molecule has 0 aliphatic rings. The van der Waals surface area contributed by atoms with Gasteiger partial charge in [-0.05, 0) is 42.5 Å². The summed E-state index contributed by atoms with van der Waals surface area (Å²) in [6.45, 7) is -2.90. The normalized spacial score (nSPS) is 10.4. The number of anilines is 1. The number of rotatable bonds is 7. The van der Waals surface area contributed by atoms with Gasteiger partial charge in [0.1, 0.15) is 5.75 Å². The average molecular weight is 396 g/mol. The van der Waals surface area contributed by atoms with E-state index in [2.05, 4.69) is 15.4 Å². The van der Waals surface area contributed by atoms with Gasteiger partial charge in [-0.2, -0.15) is 8.78 Å². The lowest BCUT2D eigenvalue weighted by Crippen LogP contribution is -2.23. The van der Waals surface area contributed by atoms with Gasteiger partial charge in [0.25, 0.3) is 11.8 Å². The maximum absolute atomic E-state index is 12.5. The Hall–Kier alpha value is -3.74. The SMILES string of the molecule is O=C(NCc1ccccc1OC(F)F)c1ccc(NC(=O)c2ccccc2)cc1. The molecule has 0 heterocycles. The molecule has 148 valence electrons. The van der Waals surface area contributed by atoms with Crippen LogP contribution < -0.4 is 15.4 Å². The zero-order valence-corrected chi connectivity index (χ0v) is 15.3. The van der Waals surface area contributed by atoms with E-state index in [1.165, 1.54) is 6.07 Å². The molecule has 0 radical (unpaired) electrons. The maximum Gasteiger partial charge on any atom is 0.387 e. The Labute approximate surface area is 166 Å². The van der Waals surface area contributed by atoms with Crippen LogP contribution in [0.5, 0.6) is 5.75 Å². The molecule has 2 N–H and O–H groups in total. The molecule has 0 saturated carbocycles. The molecule has 0 bridgehead atoms. The second-order valence-corrected chi connectivity index (χ2v) is 6.07. The van der Waals surface area contributed by atoms with E-state index in [0.717, 1.165) is 0 Å². The van der Waals surface area contributed by atoms with Gasteiger partial charge < -0.3 is 15.4 Å². The van der Waals surface area contributed by atoms with Crippen LogP contribution in [0.3, 0.4) is 0 Å². The molecular weight excluding hydrogens is 378 g/mol. The van der Waals surface area contributed by atoms with Crippen molar-refractivity contribution in [2.75, 3.05) is 5.32 Å². The lowest BCUT2D eigenvalue weighted by Gasteiger charge is -2.11. The first-order valence-corrected chi connectivity index (χ1v) is 8.80. The van der Waals surface area contributed by atoms with Gasteiger partial charge >= 0.3 is 6.61 Å². The highest BCUT2D eigenvalue weighted by Crippen LogP contribution is 2.20. The topological polar surface area (TPSA) is 67.4 Å². The van der Waals surface area contributed by atoms with E-state index in [1.54, 1.807) is 66.7 Å². The smallest absolute Gasteiger partial charge is 0.387 e. The number of alkyl halides is 2. The predicted molar refractivity (Wildman–Crippen MR) is 105 cm³/mol. The third kappa shape index (κ3) is 5.62. The highest BCUT2D eigenvalue weighted by molar-refractivity contribution is 6.04. The minimum absolute atomic E-state index is 0.0155. The van der Waals surface area contributed by atoms with Gasteiger partial charge in [-0.25, -0.2) is 0 Å². The van der Waals surface area contributed by atoms with E-state index in [0.29, 0.717) is 22.4 Å². The van der Waals surface area contributed by atoms with Crippen molar-refractivity contribution in [1.82, 2.24) is 5.32 Å². The van der Waals surface area contributed by atoms with Crippen LogP contribution in [0.1, 0.15) is 26.3 Å². The maximum atomic E-state index is 12.5. The van der Waals surface area contributed by atoms with Gasteiger partial charge in [-0.3, -0.25) is 9.59 Å². The van der Waals surface area contributed by atoms with Crippen LogP contribution >= 0.6 is 0 Å². The number of halogens is 2. The van der Waals surface area contributed by atoms with Gasteiger partial charge in [-0.1, -0.05) is 36.4 Å². The fourth-order valence-corrected chi connectivity index (χ4v) is 2.64. The summed E-state index contributed by atoms with van der Waals surface area (Å²) in [5, 5.41) is 5.41. The number of hydrogen-bond donors (Lipinski definition) is 2. The largest absolute Gasteiger partial charge is 0.434 e. The lowest BCUT2D eigenvalue weighted by atomic mass is 10.1. The van der Waals surface area contributed by atoms with Crippen molar-refractivity contribution >= 4 is 17.5 Å². The van der Waals surface area contributed by atoms with E-state index in [-0.39, 0.29) is 24.1 Å². The number of nitrogens with one attached hydrogen (secondary N) is 2. The number of hydrogen-bond acceptors (Lipinski definition) is 3. The molecule has 0 aliphatic heterocycles. The minimum Gasteiger partial charge on any atom is -0.434 e. The molecule has 0 fully saturated rings. The van der Waals surface area contributed by atoms with Crippen LogP contribution in [-0.4, -0.2) is 18.4 Å². The summed E-state index contributed by atoms with van der Waals surface area (Å²) in [5.41, 5.74) is 1.88. The third-order valence-corrected chi connectivity index (χ3v) is 4.07. The summed E-state index contributed by atoms with van der Waals surface area (Å²) < 4.78 is 29.4. The number of ether oxygens (including phenoxy) is 1. The van der Waals surface area contributed by atoms with Gasteiger partial charge in [0.15, 0.2) is 0 Å². The van der Waals surface area contributed by atoms with Crippen LogP contribution in [0.2, 0.25) is 0 Å². The summed E-state index contributed by atoms with van der Waals surface area (Å²) in [7, 11) is 0. The Morgan fingerprint density at radius 3 is 2.10 bits per heavy atom. The van der Waals surface area contributed by atoms with Gasteiger partial charge in [0.05, 0.1) is 0 Å². The highest BCUT2D eigenvalue weighted by atomic mass is 19.3. The number of carbonyl (C=O) groups excluding carboxylic acids is 2. The van der Waals surface area contributed by atoms with Gasteiger partial charge in [-0.15, -0.1) is 0 Å². The molecule has 7 heteroatoms. The molecule has 0 saturated heterocycles. The van der Waals surface area contributed by atoms with E-state index in [9.17, 15) is 18.4 Å². The summed E-state index contributed by atoms with van der Waals surface area (Å²) in [6, 6.07) is 21.4. The first-order valence-electron chi connectivity index (χ1n) is 8.80. The molecule has 2 amide bonds. The first kappa shape index (κ1) is 20.0. The Bertz CT molecular complexity index is 977. The Kier molecular flexibility index (Phi) is 6.52. The Morgan fingerprint density at radius 1 is 0.793 bits per heavy atom. The van der Waals surface area contributed by atoms with Crippen molar-refractivity contribution in [3.8, 4) is 5.75 Å². The average Bonchev–Trinajstić information content (AvgIpc) is 2.73. The number of benzene rings is 3. The summed E-state index contributed by atoms with van der Waals surface area (Å²) in [4.78, 5) is 24.5. The van der Waals surface area contributed by atoms with Crippen LogP contribution in [0, 0.1) is 0 Å². The number of para-hydroxylation sites is 1.